The van der Waals surface area contributed by atoms with Crippen LogP contribution in [0, 0.1) is 65.4 Å². The molecule has 0 amide bonds. The van der Waals surface area contributed by atoms with Gasteiger partial charge in [-0.1, -0.05) is 36.4 Å². The van der Waals surface area contributed by atoms with Gasteiger partial charge < -0.3 is 4.74 Å². The monoisotopic (exact) mass is 628 g/mol. The normalized spacial score (nSPS) is 14.5. The van der Waals surface area contributed by atoms with Crippen molar-refractivity contribution in [2.24, 2.45) is 0 Å². The number of hydrogen-bond donors (Lipinski definition) is 0. The fraction of sp³-hybridized carbons (Fsp3) is 0.0526. The largest absolute Gasteiger partial charge is 0.573 e. The molecule has 7 nitrogen and oxygen atoms in total. The standard InChI is InChI=1S/C38H15F3N6O/c1-20-4-8-26(23(12-20)16-42)21-5-9-28-30(14-21)36-35(33(19-45)47-3)29-10-6-22(15-31(29)37(36)34(28)32(18-44)46-2)27-11-7-25(13-24(27)17-43)48-38(39,40)41/h4-15H,1H3/b34-32+,35-33-. The van der Waals surface area contributed by atoms with Crippen LogP contribution in [0.15, 0.2) is 84.2 Å². The van der Waals surface area contributed by atoms with Crippen molar-refractivity contribution in [3.8, 4) is 52.3 Å². The minimum Gasteiger partial charge on any atom is -0.406 e. The highest BCUT2D eigenvalue weighted by Crippen LogP contribution is 2.60. The molecule has 0 heterocycles. The van der Waals surface area contributed by atoms with Gasteiger partial charge in [-0.25, -0.2) is 20.2 Å². The van der Waals surface area contributed by atoms with Crippen LogP contribution in [0.5, 0.6) is 5.75 Å². The molecule has 0 fully saturated rings. The number of alkyl halides is 3. The molecule has 48 heavy (non-hydrogen) atoms. The molecular weight excluding hydrogens is 613 g/mol. The molecule has 0 saturated carbocycles. The van der Waals surface area contributed by atoms with Crippen LogP contribution in [-0.2, 0) is 0 Å². The summed E-state index contributed by atoms with van der Waals surface area (Å²) in [5.74, 6) is -0.564. The van der Waals surface area contributed by atoms with E-state index in [0.717, 1.165) is 17.7 Å². The minimum atomic E-state index is -4.95. The molecule has 2 aliphatic carbocycles. The lowest BCUT2D eigenvalue weighted by atomic mass is 9.87. The van der Waals surface area contributed by atoms with Gasteiger partial charge in [0.25, 0.3) is 11.4 Å². The lowest BCUT2D eigenvalue weighted by molar-refractivity contribution is -0.274. The molecule has 6 rings (SSSR count). The second kappa shape index (κ2) is 11.5. The Hall–Kier alpha value is -7.37. The second-order valence-corrected chi connectivity index (χ2v) is 10.7. The number of fused-ring (bicyclic) bond motifs is 4. The summed E-state index contributed by atoms with van der Waals surface area (Å²) in [7, 11) is 0. The van der Waals surface area contributed by atoms with Crippen LogP contribution in [0.1, 0.15) is 38.9 Å². The van der Waals surface area contributed by atoms with Gasteiger partial charge in [0, 0.05) is 11.1 Å². The van der Waals surface area contributed by atoms with Crippen molar-refractivity contribution >= 4 is 22.3 Å². The van der Waals surface area contributed by atoms with Crippen LogP contribution >= 0.6 is 0 Å². The van der Waals surface area contributed by atoms with E-state index in [4.69, 9.17) is 13.1 Å². The molecule has 0 saturated heterocycles. The molecule has 0 aromatic heterocycles. The number of aryl methyl sites for hydroxylation is 1. The molecule has 4 aromatic carbocycles. The third-order valence-electron chi connectivity index (χ3n) is 8.04. The van der Waals surface area contributed by atoms with Crippen LogP contribution in [0.4, 0.5) is 13.2 Å². The summed E-state index contributed by atoms with van der Waals surface area (Å²) in [5, 5.41) is 39.8. The van der Waals surface area contributed by atoms with E-state index in [1.807, 2.05) is 37.3 Å². The summed E-state index contributed by atoms with van der Waals surface area (Å²) in [6.07, 6.45) is -4.95. The van der Waals surface area contributed by atoms with Crippen molar-refractivity contribution < 1.29 is 17.9 Å². The van der Waals surface area contributed by atoms with E-state index in [1.165, 1.54) is 6.07 Å². The Bertz CT molecular complexity index is 2460. The zero-order chi connectivity index (χ0) is 34.3. The Labute approximate surface area is 272 Å². The van der Waals surface area contributed by atoms with Crippen molar-refractivity contribution in [3.05, 3.63) is 146 Å². The topological polar surface area (TPSA) is 113 Å². The highest BCUT2D eigenvalue weighted by molar-refractivity contribution is 6.37. The summed E-state index contributed by atoms with van der Waals surface area (Å²) < 4.78 is 42.6. The van der Waals surface area contributed by atoms with Gasteiger partial charge in [0.1, 0.15) is 5.75 Å². The van der Waals surface area contributed by atoms with Gasteiger partial charge in [0.05, 0.1) is 48.5 Å². The second-order valence-electron chi connectivity index (χ2n) is 10.7. The predicted molar refractivity (Wildman–Crippen MR) is 170 cm³/mol. The van der Waals surface area contributed by atoms with Gasteiger partial charge in [-0.05, 0) is 105 Å². The van der Waals surface area contributed by atoms with E-state index in [0.29, 0.717) is 66.8 Å². The van der Waals surface area contributed by atoms with Gasteiger partial charge in [-0.15, -0.1) is 13.2 Å². The Morgan fingerprint density at radius 3 is 1.52 bits per heavy atom. The van der Waals surface area contributed by atoms with E-state index in [1.54, 1.807) is 42.5 Å². The highest BCUT2D eigenvalue weighted by atomic mass is 19.4. The lowest BCUT2D eigenvalue weighted by Gasteiger charge is -2.16. The highest BCUT2D eigenvalue weighted by Gasteiger charge is 2.40. The molecule has 0 spiro atoms. The Balaban J connectivity index is 1.65. The van der Waals surface area contributed by atoms with Gasteiger partial charge in [-0.3, -0.25) is 0 Å². The third kappa shape index (κ3) is 4.90. The zero-order valence-electron chi connectivity index (χ0n) is 24.7. The molecule has 4 aromatic rings. The van der Waals surface area contributed by atoms with E-state index >= 15 is 0 Å². The van der Waals surface area contributed by atoms with Crippen LogP contribution in [-0.4, -0.2) is 6.36 Å². The average Bonchev–Trinajstić information content (AvgIpc) is 3.57. The zero-order valence-corrected chi connectivity index (χ0v) is 24.7. The van der Waals surface area contributed by atoms with Crippen molar-refractivity contribution in [3.63, 3.8) is 0 Å². The number of benzene rings is 4. The van der Waals surface area contributed by atoms with Gasteiger partial charge in [-0.2, -0.15) is 10.5 Å². The van der Waals surface area contributed by atoms with Crippen LogP contribution < -0.4 is 4.74 Å². The van der Waals surface area contributed by atoms with E-state index < -0.39 is 12.1 Å². The fourth-order valence-corrected chi connectivity index (χ4v) is 6.16. The number of allylic oxidation sites excluding steroid dienone is 6. The number of hydrogen-bond acceptors (Lipinski definition) is 5. The Morgan fingerprint density at radius 2 is 1.08 bits per heavy atom. The molecule has 10 heteroatoms. The first-order valence-corrected chi connectivity index (χ1v) is 14.0. The van der Waals surface area contributed by atoms with Crippen molar-refractivity contribution in [2.75, 3.05) is 0 Å². The van der Waals surface area contributed by atoms with E-state index in [2.05, 4.69) is 20.5 Å². The van der Waals surface area contributed by atoms with Crippen molar-refractivity contribution in [1.82, 2.24) is 0 Å². The van der Waals surface area contributed by atoms with Gasteiger partial charge in [0.2, 0.25) is 0 Å². The van der Waals surface area contributed by atoms with Crippen LogP contribution in [0.2, 0.25) is 0 Å². The quantitative estimate of drug-likeness (QED) is 0.166. The van der Waals surface area contributed by atoms with Gasteiger partial charge >= 0.3 is 6.36 Å². The summed E-state index contributed by atoms with van der Waals surface area (Å²) >= 11 is 0. The predicted octanol–water partition coefficient (Wildman–Crippen LogP) is 9.22. The maximum atomic E-state index is 12.9. The van der Waals surface area contributed by atoms with E-state index in [9.17, 15) is 34.2 Å². The molecule has 0 unspecified atom stereocenters. The number of nitrogens with zero attached hydrogens (tertiary/aromatic N) is 6. The first-order valence-electron chi connectivity index (χ1n) is 14.0. The maximum absolute atomic E-state index is 12.9. The number of nitriles is 4. The first kappa shape index (κ1) is 30.6. The third-order valence-corrected chi connectivity index (χ3v) is 8.04. The maximum Gasteiger partial charge on any atom is 0.573 e. The van der Waals surface area contributed by atoms with Crippen LogP contribution in [0.25, 0.3) is 54.2 Å². The number of rotatable bonds is 3. The molecule has 2 aliphatic rings. The van der Waals surface area contributed by atoms with Crippen LogP contribution in [0.3, 0.4) is 0 Å². The molecule has 224 valence electrons. The molecular formula is C38H15F3N6O. The van der Waals surface area contributed by atoms with E-state index in [-0.39, 0.29) is 22.5 Å². The Kier molecular flexibility index (Phi) is 7.36. The van der Waals surface area contributed by atoms with Crippen molar-refractivity contribution in [2.45, 2.75) is 13.3 Å². The molecule has 0 N–H and O–H groups in total. The fourth-order valence-electron chi connectivity index (χ4n) is 6.16. The number of ether oxygens (including phenoxy) is 1. The SMILES string of the molecule is [C-]#[N+]/C(C#N)=C1C2=C(/C(=C(\C#N)[N+]#[C-])c3ccc(-c4ccc(C)cc4C#N)cc32)c2cc(-c3ccc(OC(F)(F)F)cc3C#N)ccc2\1. The summed E-state index contributed by atoms with van der Waals surface area (Å²) in [4.78, 5) is 6.99. The number of halogens is 3. The average molecular weight is 629 g/mol. The summed E-state index contributed by atoms with van der Waals surface area (Å²) in [6.45, 7) is 17.5. The molecule has 0 radical (unpaired) electrons. The molecule has 0 bridgehead atoms. The Morgan fingerprint density at radius 1 is 0.625 bits per heavy atom. The van der Waals surface area contributed by atoms with Gasteiger partial charge in [0.15, 0.2) is 0 Å². The minimum absolute atomic E-state index is 0.0982. The summed E-state index contributed by atoms with van der Waals surface area (Å²) in [5.41, 5.74) is 6.26. The van der Waals surface area contributed by atoms with Crippen molar-refractivity contribution in [1.29, 1.82) is 21.0 Å². The first-order chi connectivity index (χ1) is 23.1. The molecule has 0 atom stereocenters. The lowest BCUT2D eigenvalue weighted by Crippen LogP contribution is -2.17. The molecule has 0 aliphatic heterocycles. The smallest absolute Gasteiger partial charge is 0.406 e. The summed E-state index contributed by atoms with van der Waals surface area (Å²) in [6, 6.07) is 27.1.